The van der Waals surface area contributed by atoms with E-state index < -0.39 is 9.70 Å². The Morgan fingerprint density at radius 1 is 1.37 bits per heavy atom. The second-order valence-corrected chi connectivity index (χ2v) is 6.85. The van der Waals surface area contributed by atoms with Gasteiger partial charge < -0.3 is 10.1 Å². The predicted octanol–water partition coefficient (Wildman–Crippen LogP) is 2.87. The van der Waals surface area contributed by atoms with Crippen LogP contribution in [0.2, 0.25) is 0 Å². The van der Waals surface area contributed by atoms with Crippen molar-refractivity contribution in [3.05, 3.63) is 35.9 Å². The van der Waals surface area contributed by atoms with E-state index in [4.69, 9.17) is 39.5 Å². The van der Waals surface area contributed by atoms with Crippen molar-refractivity contribution in [2.75, 3.05) is 0 Å². The monoisotopic (exact) mass is 321 g/mol. The largest absolute Gasteiger partial charge is 0.368 e. The highest BCUT2D eigenvalue weighted by Gasteiger charge is 2.44. The molecule has 0 radical (unpaired) electrons. The van der Waals surface area contributed by atoms with E-state index in [0.717, 1.165) is 5.56 Å². The maximum atomic E-state index is 11.7. The van der Waals surface area contributed by atoms with Gasteiger partial charge in [-0.15, -0.1) is 0 Å². The Labute approximate surface area is 127 Å². The highest BCUT2D eigenvalue weighted by atomic mass is 35.6. The highest BCUT2D eigenvalue weighted by Crippen LogP contribution is 2.30. The molecule has 1 aliphatic rings. The summed E-state index contributed by atoms with van der Waals surface area (Å²) in [5, 5.41) is 2.74. The van der Waals surface area contributed by atoms with Crippen molar-refractivity contribution in [1.82, 2.24) is 5.32 Å². The fraction of sp³-hybridized carbons (Fsp3) is 0.462. The number of benzene rings is 1. The maximum Gasteiger partial charge on any atom is 0.272 e. The average molecular weight is 323 g/mol. The first kappa shape index (κ1) is 14.9. The summed E-state index contributed by atoms with van der Waals surface area (Å²) in [7, 11) is 0. The summed E-state index contributed by atoms with van der Waals surface area (Å²) in [6.45, 7) is 1.95. The fourth-order valence-electron chi connectivity index (χ4n) is 1.99. The van der Waals surface area contributed by atoms with E-state index in [1.807, 2.05) is 37.3 Å². The number of hydrogen-bond acceptors (Lipinski definition) is 2. The Kier molecular flexibility index (Phi) is 4.62. The second kappa shape index (κ2) is 5.88. The van der Waals surface area contributed by atoms with Crippen LogP contribution in [0.25, 0.3) is 0 Å². The van der Waals surface area contributed by atoms with Crippen LogP contribution in [0.15, 0.2) is 30.3 Å². The fourth-order valence-corrected chi connectivity index (χ4v) is 2.16. The summed E-state index contributed by atoms with van der Waals surface area (Å²) in [6.07, 6.45) is 0.725. The van der Waals surface area contributed by atoms with Crippen LogP contribution >= 0.6 is 34.8 Å². The first-order valence-corrected chi connectivity index (χ1v) is 7.08. The van der Waals surface area contributed by atoms with Gasteiger partial charge in [-0.3, -0.25) is 4.79 Å². The van der Waals surface area contributed by atoms with Crippen LogP contribution in [0.3, 0.4) is 0 Å². The van der Waals surface area contributed by atoms with Crippen molar-refractivity contribution >= 4 is 40.7 Å². The lowest BCUT2D eigenvalue weighted by Crippen LogP contribution is -2.46. The molecule has 0 saturated carbocycles. The number of hydrogen-bond donors (Lipinski definition) is 1. The van der Waals surface area contributed by atoms with Gasteiger partial charge in [-0.25, -0.2) is 0 Å². The third-order valence-corrected chi connectivity index (χ3v) is 3.54. The number of halogens is 3. The summed E-state index contributed by atoms with van der Waals surface area (Å²) in [5.74, 6) is -0.624. The third-order valence-electron chi connectivity index (χ3n) is 3.03. The van der Waals surface area contributed by atoms with Gasteiger partial charge in [0, 0.05) is 0 Å². The number of rotatable bonds is 4. The summed E-state index contributed by atoms with van der Waals surface area (Å²) in [5.41, 5.74) is 1.10. The molecule has 1 aromatic carbocycles. The van der Waals surface area contributed by atoms with E-state index in [2.05, 4.69) is 5.32 Å². The van der Waals surface area contributed by atoms with Gasteiger partial charge >= 0.3 is 0 Å². The molecule has 0 unspecified atom stereocenters. The molecule has 0 bridgehead atoms. The van der Waals surface area contributed by atoms with Crippen LogP contribution in [0.4, 0.5) is 0 Å². The molecule has 1 fully saturated rings. The van der Waals surface area contributed by atoms with E-state index in [9.17, 15) is 4.79 Å². The van der Waals surface area contributed by atoms with Gasteiger partial charge in [0.1, 0.15) is 6.10 Å². The van der Waals surface area contributed by atoms with Crippen molar-refractivity contribution in [2.24, 2.45) is 0 Å². The molecule has 1 aliphatic heterocycles. The van der Waals surface area contributed by atoms with Crippen molar-refractivity contribution in [3.63, 3.8) is 0 Å². The normalized spacial score (nSPS) is 23.8. The molecule has 1 saturated heterocycles. The first-order chi connectivity index (χ1) is 8.88. The Morgan fingerprint density at radius 2 is 1.95 bits per heavy atom. The molecular formula is C13H14Cl3NO2. The van der Waals surface area contributed by atoms with Crippen LogP contribution in [-0.4, -0.2) is 27.9 Å². The molecule has 3 nitrogen and oxygen atoms in total. The zero-order chi connectivity index (χ0) is 14.0. The van der Waals surface area contributed by atoms with Crippen LogP contribution in [0.1, 0.15) is 12.5 Å². The molecule has 0 aromatic heterocycles. The third kappa shape index (κ3) is 4.25. The van der Waals surface area contributed by atoms with Gasteiger partial charge in [-0.1, -0.05) is 65.1 Å². The Balaban J connectivity index is 2.03. The number of carbonyl (C=O) groups excluding carboxylic acids is 1. The minimum atomic E-state index is -1.95. The molecule has 2 rings (SSSR count). The predicted molar refractivity (Wildman–Crippen MR) is 76.7 cm³/mol. The van der Waals surface area contributed by atoms with Crippen LogP contribution in [0.5, 0.6) is 0 Å². The highest BCUT2D eigenvalue weighted by molar-refractivity contribution is 6.76. The van der Waals surface area contributed by atoms with Crippen molar-refractivity contribution in [1.29, 1.82) is 0 Å². The quantitative estimate of drug-likeness (QED) is 0.684. The van der Waals surface area contributed by atoms with E-state index in [-0.39, 0.29) is 18.2 Å². The SMILES string of the molecule is C[C@@H]1O[C@H]1[C@@H](Cc1ccccc1)NC(=O)C(Cl)(Cl)Cl. The molecule has 0 aliphatic carbocycles. The topological polar surface area (TPSA) is 41.6 Å². The van der Waals surface area contributed by atoms with E-state index >= 15 is 0 Å². The number of amides is 1. The Morgan fingerprint density at radius 3 is 2.42 bits per heavy atom. The van der Waals surface area contributed by atoms with Crippen molar-refractivity contribution < 1.29 is 9.53 Å². The minimum Gasteiger partial charge on any atom is -0.368 e. The zero-order valence-corrected chi connectivity index (χ0v) is 12.5. The van der Waals surface area contributed by atoms with Crippen LogP contribution < -0.4 is 5.32 Å². The first-order valence-electron chi connectivity index (χ1n) is 5.95. The van der Waals surface area contributed by atoms with Crippen LogP contribution in [0, 0.1) is 0 Å². The van der Waals surface area contributed by atoms with Crippen molar-refractivity contribution in [2.45, 2.75) is 35.4 Å². The van der Waals surface area contributed by atoms with Gasteiger partial charge in [0.05, 0.1) is 12.1 Å². The average Bonchev–Trinajstić information content (AvgIpc) is 3.05. The lowest BCUT2D eigenvalue weighted by atomic mass is 10.0. The van der Waals surface area contributed by atoms with Gasteiger partial charge in [-0.05, 0) is 18.9 Å². The Hall–Kier alpha value is -0.480. The second-order valence-electron chi connectivity index (χ2n) is 4.57. The molecule has 1 amide bonds. The molecule has 1 heterocycles. The number of alkyl halides is 3. The number of epoxide rings is 1. The van der Waals surface area contributed by atoms with Gasteiger partial charge in [-0.2, -0.15) is 0 Å². The number of carbonyl (C=O) groups is 1. The summed E-state index contributed by atoms with van der Waals surface area (Å²) < 4.78 is 3.47. The van der Waals surface area contributed by atoms with Crippen LogP contribution in [-0.2, 0) is 16.0 Å². The zero-order valence-electron chi connectivity index (χ0n) is 10.3. The maximum absolute atomic E-state index is 11.7. The summed E-state index contributed by atoms with van der Waals surface area (Å²) >= 11 is 16.7. The molecule has 1 aromatic rings. The number of ether oxygens (including phenoxy) is 1. The minimum absolute atomic E-state index is 0.0310. The molecule has 19 heavy (non-hydrogen) atoms. The molecule has 1 N–H and O–H groups in total. The smallest absolute Gasteiger partial charge is 0.272 e. The molecule has 3 atom stereocenters. The van der Waals surface area contributed by atoms with Gasteiger partial charge in [0.25, 0.3) is 9.70 Å². The molecule has 6 heteroatoms. The summed E-state index contributed by atoms with van der Waals surface area (Å²) in [6, 6.07) is 9.61. The lowest BCUT2D eigenvalue weighted by molar-refractivity contribution is -0.121. The van der Waals surface area contributed by atoms with E-state index in [1.54, 1.807) is 0 Å². The van der Waals surface area contributed by atoms with Gasteiger partial charge in [0.15, 0.2) is 0 Å². The molecule has 104 valence electrons. The van der Waals surface area contributed by atoms with Gasteiger partial charge in [0.2, 0.25) is 0 Å². The standard InChI is InChI=1S/C13H14Cl3NO2/c1-8-11(19-8)10(17-12(18)13(14,15)16)7-9-5-3-2-4-6-9/h2-6,8,10-11H,7H2,1H3,(H,17,18)/t8-,10+,11+/m0/s1. The molecular weight excluding hydrogens is 309 g/mol. The molecule has 0 spiro atoms. The summed E-state index contributed by atoms with van der Waals surface area (Å²) in [4.78, 5) is 11.7. The lowest BCUT2D eigenvalue weighted by Gasteiger charge is -2.20. The van der Waals surface area contributed by atoms with E-state index in [0.29, 0.717) is 6.42 Å². The Bertz CT molecular complexity index is 447. The van der Waals surface area contributed by atoms with E-state index in [1.165, 1.54) is 0 Å². The number of nitrogens with one attached hydrogen (secondary N) is 1. The van der Waals surface area contributed by atoms with Crippen molar-refractivity contribution in [3.8, 4) is 0 Å².